The Morgan fingerprint density at radius 1 is 1.31 bits per heavy atom. The van der Waals surface area contributed by atoms with Gasteiger partial charge in [-0.1, -0.05) is 6.07 Å². The van der Waals surface area contributed by atoms with Crippen LogP contribution in [0.4, 0.5) is 5.69 Å². The molecule has 6 nitrogen and oxygen atoms in total. The van der Waals surface area contributed by atoms with E-state index in [1.165, 1.54) is 0 Å². The smallest absolute Gasteiger partial charge is 0.228 e. The molecule has 0 radical (unpaired) electrons. The number of rotatable bonds is 5. The Balaban J connectivity index is 1.73. The summed E-state index contributed by atoms with van der Waals surface area (Å²) in [6, 6.07) is 9.43. The number of hydrogen-bond acceptors (Lipinski definition) is 4. The Morgan fingerprint density at radius 2 is 2.08 bits per heavy atom. The lowest BCUT2D eigenvalue weighted by atomic mass is 10.1. The number of methoxy groups -OCH3 is 1. The first-order valence-electron chi connectivity index (χ1n) is 8.64. The van der Waals surface area contributed by atoms with E-state index in [-0.39, 0.29) is 24.2 Å². The summed E-state index contributed by atoms with van der Waals surface area (Å²) < 4.78 is 10.9. The molecule has 1 saturated heterocycles. The molecule has 0 N–H and O–H groups in total. The summed E-state index contributed by atoms with van der Waals surface area (Å²) in [6.45, 7) is 4.59. The van der Waals surface area contributed by atoms with Crippen molar-refractivity contribution in [2.24, 2.45) is 5.92 Å². The van der Waals surface area contributed by atoms with Crippen LogP contribution in [0.25, 0.3) is 0 Å². The maximum Gasteiger partial charge on any atom is 0.228 e. The van der Waals surface area contributed by atoms with Gasteiger partial charge in [0.25, 0.3) is 0 Å². The molecule has 0 spiro atoms. The lowest BCUT2D eigenvalue weighted by Crippen LogP contribution is -2.34. The van der Waals surface area contributed by atoms with Crippen molar-refractivity contribution in [2.45, 2.75) is 26.8 Å². The molecule has 1 aliphatic rings. The Hall–Kier alpha value is -2.76. The summed E-state index contributed by atoms with van der Waals surface area (Å²) in [4.78, 5) is 28.6. The Bertz CT molecular complexity index is 827. The second-order valence-corrected chi connectivity index (χ2v) is 6.79. The number of carbonyl (C=O) groups is 2. The maximum atomic E-state index is 12.8. The number of amides is 2. The minimum atomic E-state index is -0.367. The number of carbonyl (C=O) groups excluding carboxylic acids is 2. The molecular formula is C20H24N2O4. The molecule has 1 fully saturated rings. The standard InChI is InChI=1S/C20H24N2O4/c1-13-5-8-18(25-4)17(9-13)22-11-15(10-19(22)23)20(24)21(3)12-16-7-6-14(2)26-16/h5-9,15H,10-12H2,1-4H3/t15-/m1/s1. The summed E-state index contributed by atoms with van der Waals surface area (Å²) in [5.41, 5.74) is 1.76. The summed E-state index contributed by atoms with van der Waals surface area (Å²) in [5, 5.41) is 0. The molecule has 3 rings (SSSR count). The van der Waals surface area contributed by atoms with Crippen LogP contribution in [0.5, 0.6) is 5.75 Å². The summed E-state index contributed by atoms with van der Waals surface area (Å²) in [5.74, 6) is 1.70. The summed E-state index contributed by atoms with van der Waals surface area (Å²) in [7, 11) is 3.32. The first-order chi connectivity index (χ1) is 12.4. The number of anilines is 1. The molecule has 1 aromatic carbocycles. The number of furan rings is 1. The molecule has 0 saturated carbocycles. The molecule has 0 unspecified atom stereocenters. The van der Waals surface area contributed by atoms with Gasteiger partial charge in [0.2, 0.25) is 11.8 Å². The Morgan fingerprint density at radius 3 is 2.73 bits per heavy atom. The van der Waals surface area contributed by atoms with Gasteiger partial charge in [-0.2, -0.15) is 0 Å². The van der Waals surface area contributed by atoms with Crippen LogP contribution in [0.2, 0.25) is 0 Å². The van der Waals surface area contributed by atoms with Gasteiger partial charge in [-0.05, 0) is 43.7 Å². The highest BCUT2D eigenvalue weighted by Gasteiger charge is 2.37. The van der Waals surface area contributed by atoms with Crippen LogP contribution >= 0.6 is 0 Å². The third kappa shape index (κ3) is 3.59. The Labute approximate surface area is 153 Å². The fraction of sp³-hybridized carbons (Fsp3) is 0.400. The summed E-state index contributed by atoms with van der Waals surface area (Å²) in [6.07, 6.45) is 0.206. The number of hydrogen-bond donors (Lipinski definition) is 0. The maximum absolute atomic E-state index is 12.8. The van der Waals surface area contributed by atoms with E-state index in [0.29, 0.717) is 18.8 Å². The van der Waals surface area contributed by atoms with E-state index in [9.17, 15) is 9.59 Å². The van der Waals surface area contributed by atoms with E-state index >= 15 is 0 Å². The highest BCUT2D eigenvalue weighted by molar-refractivity contribution is 6.01. The normalized spacial score (nSPS) is 16.8. The van der Waals surface area contributed by atoms with Crippen LogP contribution in [0, 0.1) is 19.8 Å². The molecule has 26 heavy (non-hydrogen) atoms. The average Bonchev–Trinajstić information content (AvgIpc) is 3.19. The fourth-order valence-electron chi connectivity index (χ4n) is 3.31. The van der Waals surface area contributed by atoms with Crippen molar-refractivity contribution in [1.29, 1.82) is 0 Å². The van der Waals surface area contributed by atoms with Gasteiger partial charge < -0.3 is 19.0 Å². The number of aryl methyl sites for hydroxylation is 2. The van der Waals surface area contributed by atoms with Crippen molar-refractivity contribution in [2.75, 3.05) is 25.6 Å². The predicted octanol–water partition coefficient (Wildman–Crippen LogP) is 2.92. The lowest BCUT2D eigenvalue weighted by Gasteiger charge is -2.22. The van der Waals surface area contributed by atoms with E-state index in [0.717, 1.165) is 22.8 Å². The number of ether oxygens (including phenoxy) is 1. The fourth-order valence-corrected chi connectivity index (χ4v) is 3.31. The van der Waals surface area contributed by atoms with Gasteiger partial charge in [0, 0.05) is 20.0 Å². The van der Waals surface area contributed by atoms with Crippen LogP contribution < -0.4 is 9.64 Å². The van der Waals surface area contributed by atoms with Gasteiger partial charge in [-0.25, -0.2) is 0 Å². The molecule has 1 aromatic heterocycles. The lowest BCUT2D eigenvalue weighted by molar-refractivity contribution is -0.135. The van der Waals surface area contributed by atoms with Crippen LogP contribution in [-0.2, 0) is 16.1 Å². The molecule has 2 heterocycles. The number of nitrogens with zero attached hydrogens (tertiary/aromatic N) is 2. The third-order valence-electron chi connectivity index (χ3n) is 4.66. The van der Waals surface area contributed by atoms with Gasteiger partial charge in [0.1, 0.15) is 17.3 Å². The first kappa shape index (κ1) is 18.0. The van der Waals surface area contributed by atoms with Crippen molar-refractivity contribution < 1.29 is 18.7 Å². The molecular weight excluding hydrogens is 332 g/mol. The second kappa shape index (κ2) is 7.23. The second-order valence-electron chi connectivity index (χ2n) is 6.79. The van der Waals surface area contributed by atoms with Crippen molar-refractivity contribution in [3.8, 4) is 5.75 Å². The third-order valence-corrected chi connectivity index (χ3v) is 4.66. The van der Waals surface area contributed by atoms with Crippen LogP contribution in [0.15, 0.2) is 34.7 Å². The zero-order valence-electron chi connectivity index (χ0n) is 15.6. The zero-order valence-corrected chi connectivity index (χ0v) is 15.6. The van der Waals surface area contributed by atoms with Crippen molar-refractivity contribution in [1.82, 2.24) is 4.90 Å². The van der Waals surface area contributed by atoms with Crippen molar-refractivity contribution in [3.63, 3.8) is 0 Å². The van der Waals surface area contributed by atoms with E-state index in [1.807, 2.05) is 44.2 Å². The quantitative estimate of drug-likeness (QED) is 0.826. The zero-order chi connectivity index (χ0) is 18.8. The van der Waals surface area contributed by atoms with Crippen molar-refractivity contribution >= 4 is 17.5 Å². The molecule has 0 bridgehead atoms. The Kier molecular flexibility index (Phi) is 5.02. The number of benzene rings is 1. The van der Waals surface area contributed by atoms with E-state index in [4.69, 9.17) is 9.15 Å². The van der Waals surface area contributed by atoms with Gasteiger partial charge >= 0.3 is 0 Å². The predicted molar refractivity (Wildman–Crippen MR) is 98.1 cm³/mol. The van der Waals surface area contributed by atoms with Crippen LogP contribution in [-0.4, -0.2) is 37.4 Å². The largest absolute Gasteiger partial charge is 0.495 e. The molecule has 2 aromatic rings. The van der Waals surface area contributed by atoms with Gasteiger partial charge in [-0.15, -0.1) is 0 Å². The van der Waals surface area contributed by atoms with Gasteiger partial charge in [0.05, 0.1) is 25.3 Å². The highest BCUT2D eigenvalue weighted by Crippen LogP contribution is 2.34. The van der Waals surface area contributed by atoms with E-state index in [2.05, 4.69) is 0 Å². The van der Waals surface area contributed by atoms with Crippen LogP contribution in [0.1, 0.15) is 23.5 Å². The molecule has 0 aliphatic carbocycles. The molecule has 1 atom stereocenters. The van der Waals surface area contributed by atoms with Gasteiger partial charge in [0.15, 0.2) is 0 Å². The topological polar surface area (TPSA) is 63.0 Å². The minimum absolute atomic E-state index is 0.0541. The molecule has 2 amide bonds. The monoisotopic (exact) mass is 356 g/mol. The van der Waals surface area contributed by atoms with E-state index in [1.54, 1.807) is 24.0 Å². The molecule has 138 valence electrons. The molecule has 6 heteroatoms. The molecule has 1 aliphatic heterocycles. The van der Waals surface area contributed by atoms with E-state index < -0.39 is 0 Å². The minimum Gasteiger partial charge on any atom is -0.495 e. The first-order valence-corrected chi connectivity index (χ1v) is 8.64. The summed E-state index contributed by atoms with van der Waals surface area (Å²) >= 11 is 0. The SMILES string of the molecule is COc1ccc(C)cc1N1C[C@H](C(=O)N(C)Cc2ccc(C)o2)CC1=O. The highest BCUT2D eigenvalue weighted by atomic mass is 16.5. The average molecular weight is 356 g/mol. The van der Waals surface area contributed by atoms with Crippen LogP contribution in [0.3, 0.4) is 0 Å². The van der Waals surface area contributed by atoms with Gasteiger partial charge in [-0.3, -0.25) is 9.59 Å². The van der Waals surface area contributed by atoms with Crippen molar-refractivity contribution in [3.05, 3.63) is 47.4 Å².